The minimum Gasteiger partial charge on any atom is -0.311 e. The fourth-order valence-corrected chi connectivity index (χ4v) is 2.73. The van der Waals surface area contributed by atoms with Gasteiger partial charge in [0.1, 0.15) is 6.54 Å². The molecule has 0 bridgehead atoms. The number of alkyl halides is 3. The van der Waals surface area contributed by atoms with Crippen molar-refractivity contribution in [3.63, 3.8) is 0 Å². The minimum absolute atomic E-state index is 0.0285. The fraction of sp³-hybridized carbons (Fsp3) is 0.167. The van der Waals surface area contributed by atoms with E-state index in [4.69, 9.17) is 11.6 Å². The zero-order valence-corrected chi connectivity index (χ0v) is 15.0. The summed E-state index contributed by atoms with van der Waals surface area (Å²) in [7, 11) is 0. The molecule has 0 radical (unpaired) electrons. The van der Waals surface area contributed by atoms with Crippen molar-refractivity contribution in [1.82, 2.24) is 20.4 Å². The summed E-state index contributed by atoms with van der Waals surface area (Å²) in [6.45, 7) is -0.656. The molecule has 6 nitrogen and oxygen atoms in total. The van der Waals surface area contributed by atoms with Crippen LogP contribution in [0.5, 0.6) is 0 Å². The van der Waals surface area contributed by atoms with E-state index in [-0.39, 0.29) is 17.5 Å². The maximum atomic E-state index is 13.2. The van der Waals surface area contributed by atoms with Crippen molar-refractivity contribution in [3.05, 3.63) is 64.9 Å². The molecule has 10 heteroatoms. The van der Waals surface area contributed by atoms with Gasteiger partial charge in [-0.2, -0.15) is 13.2 Å². The molecule has 0 aliphatic carbocycles. The number of fused-ring (bicyclic) bond motifs is 1. The third-order valence-electron chi connectivity index (χ3n) is 3.83. The second kappa shape index (κ2) is 7.89. The Labute approximate surface area is 162 Å². The number of carbonyl (C=O) groups is 2. The monoisotopic (exact) mass is 410 g/mol. The maximum Gasteiger partial charge on any atom is 0.449 e. The van der Waals surface area contributed by atoms with Crippen molar-refractivity contribution in [3.8, 4) is 0 Å². The standard InChI is InChI=1S/C18H14ClF3N4O2/c19-12-7-5-11(6-8-12)9-15(27)24-25-16(28)10-26-14-4-2-1-3-13(14)23-17(26)18(20,21)22/h1-8H,9-10H2,(H,24,27)(H,25,28). The number of benzene rings is 2. The van der Waals surface area contributed by atoms with E-state index in [2.05, 4.69) is 15.8 Å². The van der Waals surface area contributed by atoms with Crippen LogP contribution in [0, 0.1) is 0 Å². The van der Waals surface area contributed by atoms with Gasteiger partial charge in [0.25, 0.3) is 5.91 Å². The van der Waals surface area contributed by atoms with Gasteiger partial charge in [-0.15, -0.1) is 0 Å². The molecule has 1 aromatic heterocycles. The molecule has 0 unspecified atom stereocenters. The summed E-state index contributed by atoms with van der Waals surface area (Å²) < 4.78 is 40.4. The lowest BCUT2D eigenvalue weighted by Gasteiger charge is -2.12. The van der Waals surface area contributed by atoms with Crippen LogP contribution in [0.3, 0.4) is 0 Å². The molecule has 0 saturated heterocycles. The second-order valence-electron chi connectivity index (χ2n) is 5.91. The summed E-state index contributed by atoms with van der Waals surface area (Å²) >= 11 is 5.76. The van der Waals surface area contributed by atoms with Crippen molar-refractivity contribution in [2.45, 2.75) is 19.1 Å². The Morgan fingerprint density at radius 1 is 1.00 bits per heavy atom. The highest BCUT2D eigenvalue weighted by Crippen LogP contribution is 2.31. The molecule has 0 aliphatic rings. The molecule has 146 valence electrons. The first-order chi connectivity index (χ1) is 13.2. The lowest BCUT2D eigenvalue weighted by Crippen LogP contribution is -2.44. The Hall–Kier alpha value is -3.07. The molecular weight excluding hydrogens is 397 g/mol. The number of rotatable bonds is 4. The topological polar surface area (TPSA) is 76.0 Å². The van der Waals surface area contributed by atoms with Crippen LogP contribution >= 0.6 is 11.6 Å². The van der Waals surface area contributed by atoms with Crippen molar-refractivity contribution < 1.29 is 22.8 Å². The third kappa shape index (κ3) is 4.61. The maximum absolute atomic E-state index is 13.2. The summed E-state index contributed by atoms with van der Waals surface area (Å²) in [5.41, 5.74) is 5.24. The number of nitrogens with zero attached hydrogens (tertiary/aromatic N) is 2. The van der Waals surface area contributed by atoms with Crippen LogP contribution in [0.15, 0.2) is 48.5 Å². The van der Waals surface area contributed by atoms with Crippen LogP contribution in [0.25, 0.3) is 11.0 Å². The zero-order valence-electron chi connectivity index (χ0n) is 14.3. The lowest BCUT2D eigenvalue weighted by atomic mass is 10.1. The summed E-state index contributed by atoms with van der Waals surface area (Å²) in [6.07, 6.45) is -4.75. The molecule has 3 aromatic rings. The highest BCUT2D eigenvalue weighted by Gasteiger charge is 2.38. The molecule has 1 heterocycles. The van der Waals surface area contributed by atoms with Crippen LogP contribution in [0.2, 0.25) is 5.02 Å². The van der Waals surface area contributed by atoms with Crippen molar-refractivity contribution in [2.24, 2.45) is 0 Å². The SMILES string of the molecule is O=C(Cc1ccc(Cl)cc1)NNC(=O)Cn1c(C(F)(F)F)nc2ccccc21. The Balaban J connectivity index is 1.66. The van der Waals surface area contributed by atoms with Gasteiger partial charge in [0, 0.05) is 5.02 Å². The molecule has 2 N–H and O–H groups in total. The second-order valence-corrected chi connectivity index (χ2v) is 6.34. The molecule has 0 saturated carbocycles. The van der Waals surface area contributed by atoms with E-state index in [0.29, 0.717) is 10.6 Å². The Morgan fingerprint density at radius 3 is 2.32 bits per heavy atom. The van der Waals surface area contributed by atoms with Crippen LogP contribution in [-0.4, -0.2) is 21.4 Å². The van der Waals surface area contributed by atoms with Gasteiger partial charge in [-0.3, -0.25) is 20.4 Å². The van der Waals surface area contributed by atoms with E-state index in [1.807, 2.05) is 0 Å². The highest BCUT2D eigenvalue weighted by atomic mass is 35.5. The summed E-state index contributed by atoms with van der Waals surface area (Å²) in [5.74, 6) is -2.53. The van der Waals surface area contributed by atoms with E-state index in [1.54, 1.807) is 36.4 Å². The van der Waals surface area contributed by atoms with Gasteiger partial charge in [0.15, 0.2) is 0 Å². The van der Waals surface area contributed by atoms with E-state index in [9.17, 15) is 22.8 Å². The van der Waals surface area contributed by atoms with E-state index < -0.39 is 30.4 Å². The van der Waals surface area contributed by atoms with Gasteiger partial charge in [-0.05, 0) is 29.8 Å². The van der Waals surface area contributed by atoms with Gasteiger partial charge >= 0.3 is 6.18 Å². The number of para-hydroxylation sites is 2. The molecule has 2 aromatic carbocycles. The summed E-state index contributed by atoms with van der Waals surface area (Å²) in [4.78, 5) is 27.5. The molecule has 28 heavy (non-hydrogen) atoms. The number of halogens is 4. The number of hydrogen-bond donors (Lipinski definition) is 2. The van der Waals surface area contributed by atoms with Crippen LogP contribution in [0.4, 0.5) is 13.2 Å². The largest absolute Gasteiger partial charge is 0.449 e. The number of nitrogens with one attached hydrogen (secondary N) is 2. The Morgan fingerprint density at radius 2 is 1.64 bits per heavy atom. The summed E-state index contributed by atoms with van der Waals surface area (Å²) in [5, 5.41) is 0.519. The quantitative estimate of drug-likeness (QED) is 0.649. The minimum atomic E-state index is -4.73. The lowest BCUT2D eigenvalue weighted by molar-refractivity contribution is -0.147. The number of aromatic nitrogens is 2. The van der Waals surface area contributed by atoms with E-state index in [1.165, 1.54) is 12.1 Å². The predicted molar refractivity (Wildman–Crippen MR) is 96.2 cm³/mol. The first-order valence-electron chi connectivity index (χ1n) is 8.08. The van der Waals surface area contributed by atoms with Gasteiger partial charge in [-0.25, -0.2) is 4.98 Å². The normalized spacial score (nSPS) is 11.4. The van der Waals surface area contributed by atoms with E-state index >= 15 is 0 Å². The van der Waals surface area contributed by atoms with Crippen molar-refractivity contribution in [2.75, 3.05) is 0 Å². The number of imidazole rings is 1. The van der Waals surface area contributed by atoms with Gasteiger partial charge in [-0.1, -0.05) is 35.9 Å². The average molecular weight is 411 g/mol. The molecule has 0 atom stereocenters. The molecular formula is C18H14ClF3N4O2. The van der Waals surface area contributed by atoms with Gasteiger partial charge in [0.05, 0.1) is 17.5 Å². The Kier molecular flexibility index (Phi) is 5.55. The molecule has 0 aliphatic heterocycles. The van der Waals surface area contributed by atoms with Gasteiger partial charge in [0.2, 0.25) is 11.7 Å². The summed E-state index contributed by atoms with van der Waals surface area (Å²) in [6, 6.07) is 12.5. The number of carbonyl (C=O) groups excluding carboxylic acids is 2. The molecule has 0 spiro atoms. The predicted octanol–water partition coefficient (Wildman–Crippen LogP) is 3.10. The zero-order chi connectivity index (χ0) is 20.3. The first-order valence-corrected chi connectivity index (χ1v) is 8.46. The van der Waals surface area contributed by atoms with E-state index in [0.717, 1.165) is 4.57 Å². The Bertz CT molecular complexity index is 1020. The molecule has 2 amide bonds. The number of hydrazine groups is 1. The van der Waals surface area contributed by atoms with Crippen molar-refractivity contribution in [1.29, 1.82) is 0 Å². The van der Waals surface area contributed by atoms with Crippen LogP contribution in [-0.2, 0) is 28.7 Å². The van der Waals surface area contributed by atoms with Crippen LogP contribution in [0.1, 0.15) is 11.4 Å². The number of hydrogen-bond acceptors (Lipinski definition) is 3. The highest BCUT2D eigenvalue weighted by molar-refractivity contribution is 6.30. The van der Waals surface area contributed by atoms with Gasteiger partial charge < -0.3 is 4.57 Å². The van der Waals surface area contributed by atoms with Crippen molar-refractivity contribution >= 4 is 34.4 Å². The third-order valence-corrected chi connectivity index (χ3v) is 4.08. The molecule has 0 fully saturated rings. The fourth-order valence-electron chi connectivity index (χ4n) is 2.61. The molecule has 3 rings (SSSR count). The average Bonchev–Trinajstić information content (AvgIpc) is 3.01. The first kappa shape index (κ1) is 19.7. The smallest absolute Gasteiger partial charge is 0.311 e. The van der Waals surface area contributed by atoms with Crippen LogP contribution < -0.4 is 10.9 Å². The number of amides is 2.